The van der Waals surface area contributed by atoms with E-state index in [1.807, 2.05) is 66.7 Å². The van der Waals surface area contributed by atoms with Crippen molar-refractivity contribution in [3.63, 3.8) is 0 Å². The van der Waals surface area contributed by atoms with E-state index in [-0.39, 0.29) is 23.4 Å². The Bertz CT molecular complexity index is 1260. The molecule has 2 aliphatic rings. The van der Waals surface area contributed by atoms with Crippen LogP contribution in [0.25, 0.3) is 0 Å². The van der Waals surface area contributed by atoms with Crippen LogP contribution in [0.3, 0.4) is 0 Å². The number of anilines is 2. The van der Waals surface area contributed by atoms with Gasteiger partial charge in [0.2, 0.25) is 5.24 Å². The number of ketones is 2. The van der Waals surface area contributed by atoms with Crippen molar-refractivity contribution in [2.45, 2.75) is 39.2 Å². The second kappa shape index (κ2) is 14.7. The molecule has 0 saturated carbocycles. The number of amides is 1. The van der Waals surface area contributed by atoms with Crippen LogP contribution >= 0.6 is 11.6 Å². The van der Waals surface area contributed by atoms with Crippen molar-refractivity contribution in [3.05, 3.63) is 95.6 Å². The van der Waals surface area contributed by atoms with E-state index in [0.29, 0.717) is 37.1 Å². The number of ether oxygens (including phenoxy) is 1. The van der Waals surface area contributed by atoms with E-state index in [4.69, 9.17) is 4.74 Å². The third-order valence-electron chi connectivity index (χ3n) is 5.83. The summed E-state index contributed by atoms with van der Waals surface area (Å²) in [6, 6.07) is 24.4. The molecular formula is C30H31ClN2O5. The van der Waals surface area contributed by atoms with Crippen molar-refractivity contribution in [1.29, 1.82) is 0 Å². The maximum Gasteiger partial charge on any atom is 0.414 e. The first-order chi connectivity index (χ1) is 18.4. The van der Waals surface area contributed by atoms with E-state index in [0.717, 1.165) is 29.8 Å². The minimum absolute atomic E-state index is 0.0777. The van der Waals surface area contributed by atoms with E-state index < -0.39 is 6.09 Å². The molecule has 3 aromatic rings. The SMILES string of the molecule is CC(=O)Cl.O=C1CCCN(C(=O)OCc2ccccc2)c2ccccc21.O=C1CCCNc2ccccc21. The van der Waals surface area contributed by atoms with E-state index in [1.165, 1.54) is 6.92 Å². The number of rotatable bonds is 2. The third kappa shape index (κ3) is 8.56. The normalized spacial score (nSPS) is 14.0. The Morgan fingerprint density at radius 2 is 1.42 bits per heavy atom. The van der Waals surface area contributed by atoms with Crippen LogP contribution in [0.4, 0.5) is 16.2 Å². The number of benzene rings is 3. The lowest BCUT2D eigenvalue weighted by molar-refractivity contribution is -0.109. The second-order valence-electron chi connectivity index (χ2n) is 8.71. The highest BCUT2D eigenvalue weighted by molar-refractivity contribution is 6.62. The van der Waals surface area contributed by atoms with E-state index in [2.05, 4.69) is 16.9 Å². The van der Waals surface area contributed by atoms with Crippen LogP contribution in [-0.2, 0) is 16.1 Å². The van der Waals surface area contributed by atoms with Gasteiger partial charge in [0.1, 0.15) is 6.61 Å². The number of nitrogens with one attached hydrogen (secondary N) is 1. The number of carbonyl (C=O) groups excluding carboxylic acids is 4. The summed E-state index contributed by atoms with van der Waals surface area (Å²) in [5.41, 5.74) is 4.00. The fourth-order valence-corrected chi connectivity index (χ4v) is 4.07. The van der Waals surface area contributed by atoms with Crippen LogP contribution in [0.1, 0.15) is 58.9 Å². The topological polar surface area (TPSA) is 92.8 Å². The standard InChI is InChI=1S/C18H17NO3.C10H11NO.C2H3ClO/c20-17-11-6-12-19(16-10-5-4-9-15(16)17)18(21)22-13-14-7-2-1-3-8-14;12-10-6-3-7-11-9-5-2-1-4-8(9)10;1-2(3)4/h1-5,7-10H,6,11-13H2;1-2,4-5,11H,3,6-7H2;1H3. The smallest absolute Gasteiger partial charge is 0.414 e. The maximum atomic E-state index is 12.4. The summed E-state index contributed by atoms with van der Waals surface area (Å²) in [5, 5.41) is 2.87. The molecule has 7 nitrogen and oxygen atoms in total. The summed E-state index contributed by atoms with van der Waals surface area (Å²) in [7, 11) is 0. The molecule has 0 saturated heterocycles. The number of hydrogen-bond acceptors (Lipinski definition) is 6. The van der Waals surface area contributed by atoms with Gasteiger partial charge in [-0.25, -0.2) is 4.79 Å². The highest BCUT2D eigenvalue weighted by atomic mass is 35.5. The summed E-state index contributed by atoms with van der Waals surface area (Å²) in [6.45, 7) is 2.92. The quantitative estimate of drug-likeness (QED) is 0.370. The Kier molecular flexibility index (Phi) is 11.1. The minimum Gasteiger partial charge on any atom is -0.444 e. The van der Waals surface area contributed by atoms with E-state index in [9.17, 15) is 19.2 Å². The van der Waals surface area contributed by atoms with E-state index in [1.54, 1.807) is 17.0 Å². The van der Waals surface area contributed by atoms with Crippen LogP contribution < -0.4 is 10.2 Å². The van der Waals surface area contributed by atoms with Crippen LogP contribution in [0.15, 0.2) is 78.9 Å². The number of halogens is 1. The van der Waals surface area contributed by atoms with Crippen LogP contribution in [-0.4, -0.2) is 36.0 Å². The molecule has 0 fully saturated rings. The molecule has 3 aromatic carbocycles. The Hall–Kier alpha value is -3.97. The van der Waals surface area contributed by atoms with Crippen molar-refractivity contribution >= 4 is 45.9 Å². The van der Waals surface area contributed by atoms with Crippen LogP contribution in [0.5, 0.6) is 0 Å². The molecule has 0 radical (unpaired) electrons. The predicted octanol–water partition coefficient (Wildman–Crippen LogP) is 6.65. The van der Waals surface area contributed by atoms with Gasteiger partial charge in [0, 0.05) is 49.7 Å². The lowest BCUT2D eigenvalue weighted by atomic mass is 10.1. The number of nitrogens with zero attached hydrogens (tertiary/aromatic N) is 1. The Morgan fingerprint density at radius 3 is 2.16 bits per heavy atom. The summed E-state index contributed by atoms with van der Waals surface area (Å²) in [6.07, 6.45) is 2.30. The fourth-order valence-electron chi connectivity index (χ4n) is 4.07. The molecule has 8 heteroatoms. The molecule has 1 amide bonds. The molecule has 5 rings (SSSR count). The molecule has 0 aromatic heterocycles. The van der Waals surface area contributed by atoms with Gasteiger partial charge in [-0.2, -0.15) is 0 Å². The van der Waals surface area contributed by atoms with E-state index >= 15 is 0 Å². The summed E-state index contributed by atoms with van der Waals surface area (Å²) in [5.74, 6) is 0.338. The summed E-state index contributed by atoms with van der Waals surface area (Å²) >= 11 is 4.64. The molecule has 1 N–H and O–H groups in total. The second-order valence-corrected chi connectivity index (χ2v) is 9.24. The van der Waals surface area contributed by atoms with Gasteiger partial charge in [-0.15, -0.1) is 0 Å². The molecule has 2 heterocycles. The lowest BCUT2D eigenvalue weighted by Gasteiger charge is -2.21. The fraction of sp³-hybridized carbons (Fsp3) is 0.267. The molecule has 0 spiro atoms. The van der Waals surface area contributed by atoms with Crippen LogP contribution in [0.2, 0.25) is 0 Å². The lowest BCUT2D eigenvalue weighted by Crippen LogP contribution is -2.32. The first-order valence-corrected chi connectivity index (χ1v) is 12.9. The zero-order valence-electron chi connectivity index (χ0n) is 21.3. The van der Waals surface area contributed by atoms with Gasteiger partial charge in [-0.1, -0.05) is 54.6 Å². The largest absolute Gasteiger partial charge is 0.444 e. The molecule has 0 atom stereocenters. The number of Topliss-reactive ketones (excluding diaryl/α,β-unsaturated/α-hetero) is 2. The van der Waals surface area contributed by atoms with Crippen molar-refractivity contribution in [2.75, 3.05) is 23.3 Å². The van der Waals surface area contributed by atoms with Crippen molar-refractivity contribution in [1.82, 2.24) is 0 Å². The first kappa shape index (κ1) is 28.6. The van der Waals surface area contributed by atoms with Gasteiger partial charge in [-0.05, 0) is 54.3 Å². The van der Waals surface area contributed by atoms with Gasteiger partial charge >= 0.3 is 6.09 Å². The van der Waals surface area contributed by atoms with Crippen molar-refractivity contribution in [2.24, 2.45) is 0 Å². The monoisotopic (exact) mass is 534 g/mol. The number of fused-ring (bicyclic) bond motifs is 2. The van der Waals surface area contributed by atoms with Crippen LogP contribution in [0, 0.1) is 0 Å². The van der Waals surface area contributed by atoms with Gasteiger partial charge in [0.25, 0.3) is 0 Å². The van der Waals surface area contributed by atoms with Crippen molar-refractivity contribution < 1.29 is 23.9 Å². The van der Waals surface area contributed by atoms with Gasteiger partial charge in [0.15, 0.2) is 11.6 Å². The highest BCUT2D eigenvalue weighted by Gasteiger charge is 2.25. The van der Waals surface area contributed by atoms with Gasteiger partial charge in [0.05, 0.1) is 5.69 Å². The number of carbonyl (C=O) groups is 4. The zero-order chi connectivity index (χ0) is 27.3. The first-order valence-electron chi connectivity index (χ1n) is 12.5. The number of hydrogen-bond donors (Lipinski definition) is 1. The predicted molar refractivity (Wildman–Crippen MR) is 149 cm³/mol. The number of para-hydroxylation sites is 2. The maximum absolute atomic E-state index is 12.4. The molecule has 38 heavy (non-hydrogen) atoms. The summed E-state index contributed by atoms with van der Waals surface area (Å²) < 4.78 is 5.39. The molecule has 0 bridgehead atoms. The molecule has 2 aliphatic heterocycles. The Labute approximate surface area is 227 Å². The molecule has 0 aliphatic carbocycles. The third-order valence-corrected chi connectivity index (χ3v) is 5.83. The van der Waals surface area contributed by atoms with Gasteiger partial charge < -0.3 is 10.1 Å². The Balaban J connectivity index is 0.000000209. The molecule has 198 valence electrons. The molecular weight excluding hydrogens is 504 g/mol. The average molecular weight is 535 g/mol. The average Bonchev–Trinajstić information content (AvgIpc) is 3.22. The van der Waals surface area contributed by atoms with Crippen molar-refractivity contribution in [3.8, 4) is 0 Å². The van der Waals surface area contributed by atoms with Gasteiger partial charge in [-0.3, -0.25) is 19.3 Å². The highest BCUT2D eigenvalue weighted by Crippen LogP contribution is 2.27. The zero-order valence-corrected chi connectivity index (χ0v) is 22.1. The Morgan fingerprint density at radius 1 is 0.842 bits per heavy atom. The summed E-state index contributed by atoms with van der Waals surface area (Å²) in [4.78, 5) is 46.7. The minimum atomic E-state index is -0.411. The molecule has 0 unspecified atom stereocenters.